The largest absolute Gasteiger partial charge is 0.457 e. The average Bonchev–Trinajstić information content (AvgIpc) is 2.56. The second-order valence-electron chi connectivity index (χ2n) is 7.12. The Morgan fingerprint density at radius 2 is 1.74 bits per heavy atom. The van der Waals surface area contributed by atoms with Crippen molar-refractivity contribution in [3.05, 3.63) is 57.5 Å². The molecule has 0 fully saturated rings. The summed E-state index contributed by atoms with van der Waals surface area (Å²) in [5.74, 6) is 1.54. The van der Waals surface area contributed by atoms with E-state index in [1.807, 2.05) is 45.9 Å². The fourth-order valence-corrected chi connectivity index (χ4v) is 3.66. The maximum atomic E-state index is 11.0. The highest BCUT2D eigenvalue weighted by Crippen LogP contribution is 2.37. The van der Waals surface area contributed by atoms with Crippen LogP contribution in [0.3, 0.4) is 0 Å². The van der Waals surface area contributed by atoms with E-state index in [1.54, 1.807) is 12.1 Å². The third kappa shape index (κ3) is 5.99. The summed E-state index contributed by atoms with van der Waals surface area (Å²) in [6.07, 6.45) is 0.921. The molecule has 2 rings (SSSR count). The Morgan fingerprint density at radius 1 is 1.11 bits per heavy atom. The Bertz CT molecular complexity index is 850. The van der Waals surface area contributed by atoms with Gasteiger partial charge in [0, 0.05) is 0 Å². The van der Waals surface area contributed by atoms with Gasteiger partial charge in [-0.05, 0) is 78.2 Å². The van der Waals surface area contributed by atoms with Crippen LogP contribution in [0.2, 0.25) is 0 Å². The molecule has 27 heavy (non-hydrogen) atoms. The first kappa shape index (κ1) is 21.3. The lowest BCUT2D eigenvalue weighted by Crippen LogP contribution is -1.97. The Morgan fingerprint density at radius 3 is 2.26 bits per heavy atom. The Kier molecular flexibility index (Phi) is 6.93. The Hall–Kier alpha value is -2.01. The lowest BCUT2D eigenvalue weighted by Gasteiger charge is -2.16. The minimum Gasteiger partial charge on any atom is -0.457 e. The van der Waals surface area contributed by atoms with Crippen LogP contribution < -0.4 is 4.74 Å². The van der Waals surface area contributed by atoms with Crippen LogP contribution in [0.5, 0.6) is 11.5 Å². The highest BCUT2D eigenvalue weighted by atomic mass is 31.2. The zero-order valence-electron chi connectivity index (χ0n) is 16.1. The van der Waals surface area contributed by atoms with Gasteiger partial charge in [-0.2, -0.15) is 0 Å². The van der Waals surface area contributed by atoms with E-state index in [-0.39, 0.29) is 12.1 Å². The average molecular weight is 391 g/mol. The number of ether oxygens (including phenoxy) is 1. The minimum absolute atomic E-state index is 0.113. The summed E-state index contributed by atoms with van der Waals surface area (Å²) in [6.45, 7) is 7.88. The Balaban J connectivity index is 2.21. The van der Waals surface area contributed by atoms with E-state index >= 15 is 0 Å². The standard InChI is InChI=1S/C20H26NO5P/c1-13(2)18-12-17(7-8-19(18)21-22)26-20-14(3)10-16(11-15(20)4)6-5-9-27(23,24)25/h7-8,10-13H,5-6,9H2,1-4H3,(H2,23,24,25). The van der Waals surface area contributed by atoms with Gasteiger partial charge in [-0.1, -0.05) is 26.0 Å². The van der Waals surface area contributed by atoms with Gasteiger partial charge in [0.1, 0.15) is 17.2 Å². The lowest BCUT2D eigenvalue weighted by atomic mass is 10.0. The molecule has 0 aliphatic rings. The second-order valence-corrected chi connectivity index (χ2v) is 8.90. The number of aryl methyl sites for hydroxylation is 3. The summed E-state index contributed by atoms with van der Waals surface area (Å²) in [5, 5.41) is 3.07. The number of hydrogen-bond donors (Lipinski definition) is 2. The van der Waals surface area contributed by atoms with Crippen molar-refractivity contribution in [2.24, 2.45) is 5.18 Å². The van der Waals surface area contributed by atoms with E-state index in [1.165, 1.54) is 0 Å². The molecule has 0 spiro atoms. The fraction of sp³-hybridized carbons (Fsp3) is 0.400. The number of benzene rings is 2. The van der Waals surface area contributed by atoms with Crippen molar-refractivity contribution in [3.8, 4) is 11.5 Å². The molecule has 2 N–H and O–H groups in total. The smallest absolute Gasteiger partial charge is 0.325 e. The van der Waals surface area contributed by atoms with Crippen LogP contribution in [0, 0.1) is 18.8 Å². The van der Waals surface area contributed by atoms with Crippen molar-refractivity contribution in [3.63, 3.8) is 0 Å². The van der Waals surface area contributed by atoms with Gasteiger partial charge in [-0.15, -0.1) is 4.91 Å². The zero-order valence-corrected chi connectivity index (χ0v) is 17.0. The molecule has 0 saturated carbocycles. The Labute approximate surface area is 159 Å². The summed E-state index contributed by atoms with van der Waals surface area (Å²) < 4.78 is 17.1. The molecule has 2 aromatic carbocycles. The van der Waals surface area contributed by atoms with Gasteiger partial charge in [0.05, 0.1) is 6.16 Å². The fourth-order valence-electron chi connectivity index (χ4n) is 3.09. The molecule has 0 bridgehead atoms. The SMILES string of the molecule is Cc1cc(CCCP(=O)(O)O)cc(C)c1Oc1ccc(N=O)c(C(C)C)c1. The van der Waals surface area contributed by atoms with Crippen molar-refractivity contribution in [2.75, 3.05) is 6.16 Å². The maximum Gasteiger partial charge on any atom is 0.325 e. The number of nitroso groups, excluding NO2 is 1. The molecular weight excluding hydrogens is 365 g/mol. The highest BCUT2D eigenvalue weighted by Gasteiger charge is 2.14. The van der Waals surface area contributed by atoms with Gasteiger partial charge in [0.2, 0.25) is 0 Å². The van der Waals surface area contributed by atoms with E-state index in [9.17, 15) is 9.47 Å². The molecular formula is C20H26NO5P. The number of rotatable bonds is 8. The third-order valence-electron chi connectivity index (χ3n) is 4.37. The van der Waals surface area contributed by atoms with Crippen LogP contribution in [0.25, 0.3) is 0 Å². The third-order valence-corrected chi connectivity index (χ3v) is 5.27. The van der Waals surface area contributed by atoms with Gasteiger partial charge >= 0.3 is 7.60 Å². The summed E-state index contributed by atoms with van der Waals surface area (Å²) in [6, 6.07) is 9.20. The molecule has 0 atom stereocenters. The molecule has 0 radical (unpaired) electrons. The first-order valence-electron chi connectivity index (χ1n) is 8.90. The molecule has 146 valence electrons. The molecule has 0 amide bonds. The van der Waals surface area contributed by atoms with E-state index in [0.29, 0.717) is 24.3 Å². The summed E-state index contributed by atoms with van der Waals surface area (Å²) in [7, 11) is -3.96. The predicted octanol–water partition coefficient (Wildman–Crippen LogP) is 5.73. The van der Waals surface area contributed by atoms with E-state index in [0.717, 1.165) is 28.0 Å². The van der Waals surface area contributed by atoms with Crippen LogP contribution in [0.4, 0.5) is 5.69 Å². The van der Waals surface area contributed by atoms with Gasteiger partial charge in [-0.3, -0.25) is 4.57 Å². The molecule has 0 unspecified atom stereocenters. The first-order chi connectivity index (χ1) is 12.6. The molecule has 0 aromatic heterocycles. The zero-order chi connectivity index (χ0) is 20.2. The maximum absolute atomic E-state index is 11.0. The van der Waals surface area contributed by atoms with Gasteiger partial charge in [0.25, 0.3) is 0 Å². The first-order valence-corrected chi connectivity index (χ1v) is 10.7. The molecule has 2 aromatic rings. The predicted molar refractivity (Wildman–Crippen MR) is 107 cm³/mol. The minimum atomic E-state index is -3.96. The quantitative estimate of drug-likeness (QED) is 0.443. The van der Waals surface area contributed by atoms with E-state index < -0.39 is 7.60 Å². The van der Waals surface area contributed by atoms with Crippen molar-refractivity contribution >= 4 is 13.3 Å². The van der Waals surface area contributed by atoms with Crippen LogP contribution >= 0.6 is 7.60 Å². The topological polar surface area (TPSA) is 96.2 Å². The molecule has 0 aliphatic heterocycles. The van der Waals surface area contributed by atoms with Crippen molar-refractivity contribution in [1.29, 1.82) is 0 Å². The molecule has 0 saturated heterocycles. The summed E-state index contributed by atoms with van der Waals surface area (Å²) in [4.78, 5) is 28.9. The monoisotopic (exact) mass is 391 g/mol. The highest BCUT2D eigenvalue weighted by molar-refractivity contribution is 7.51. The molecule has 6 nitrogen and oxygen atoms in total. The van der Waals surface area contributed by atoms with Crippen LogP contribution in [-0.4, -0.2) is 15.9 Å². The van der Waals surface area contributed by atoms with Crippen molar-refractivity contribution in [1.82, 2.24) is 0 Å². The number of hydrogen-bond acceptors (Lipinski definition) is 4. The van der Waals surface area contributed by atoms with Crippen LogP contribution in [0.15, 0.2) is 35.5 Å². The normalized spacial score (nSPS) is 11.7. The van der Waals surface area contributed by atoms with Crippen molar-refractivity contribution in [2.45, 2.75) is 46.5 Å². The molecule has 0 heterocycles. The summed E-state index contributed by atoms with van der Waals surface area (Å²) in [5.41, 5.74) is 4.18. The van der Waals surface area contributed by atoms with Crippen molar-refractivity contribution < 1.29 is 19.1 Å². The molecule has 0 aliphatic carbocycles. The number of nitrogens with zero attached hydrogens (tertiary/aromatic N) is 1. The lowest BCUT2D eigenvalue weighted by molar-refractivity contribution is 0.371. The second kappa shape index (κ2) is 8.79. The summed E-state index contributed by atoms with van der Waals surface area (Å²) >= 11 is 0. The van der Waals surface area contributed by atoms with Gasteiger partial charge in [-0.25, -0.2) is 0 Å². The van der Waals surface area contributed by atoms with Crippen LogP contribution in [-0.2, 0) is 11.0 Å². The van der Waals surface area contributed by atoms with Gasteiger partial charge < -0.3 is 14.5 Å². The van der Waals surface area contributed by atoms with Gasteiger partial charge in [0.15, 0.2) is 0 Å². The van der Waals surface area contributed by atoms with E-state index in [4.69, 9.17) is 14.5 Å². The van der Waals surface area contributed by atoms with Crippen LogP contribution in [0.1, 0.15) is 48.4 Å². The van der Waals surface area contributed by atoms with E-state index in [2.05, 4.69) is 5.18 Å². The molecule has 7 heteroatoms.